The number of likely N-dealkylation sites (tertiary alicyclic amines) is 1. The fourth-order valence-electron chi connectivity index (χ4n) is 2.97. The maximum Gasteiger partial charge on any atom is 0.288 e. The van der Waals surface area contributed by atoms with E-state index in [4.69, 9.17) is 16.6 Å². The van der Waals surface area contributed by atoms with Crippen molar-refractivity contribution in [2.45, 2.75) is 39.5 Å². The lowest BCUT2D eigenvalue weighted by Gasteiger charge is -2.32. The lowest BCUT2D eigenvalue weighted by molar-refractivity contribution is 0.0588. The molecule has 1 fully saturated rings. The van der Waals surface area contributed by atoms with E-state index in [0.29, 0.717) is 23.3 Å². The summed E-state index contributed by atoms with van der Waals surface area (Å²) in [7, 11) is 0. The summed E-state index contributed by atoms with van der Waals surface area (Å²) in [6, 6.07) is 8.06. The Bertz CT molecular complexity index is 697. The molecule has 2 heterocycles. The summed E-state index contributed by atoms with van der Waals surface area (Å²) < 4.78 is 7.38. The van der Waals surface area contributed by atoms with Crippen molar-refractivity contribution >= 4 is 12.2 Å². The largest absolute Gasteiger partial charge is 0.409 e. The summed E-state index contributed by atoms with van der Waals surface area (Å²) in [4.78, 5) is 2.70. The van der Waals surface area contributed by atoms with Crippen molar-refractivity contribution in [3.8, 4) is 11.5 Å². The molecule has 0 saturated carbocycles. The van der Waals surface area contributed by atoms with Gasteiger partial charge in [-0.05, 0) is 57.0 Å². The number of benzene rings is 1. The average molecular weight is 333 g/mol. The number of rotatable bonds is 4. The molecule has 1 atom stereocenters. The molecule has 1 aromatic carbocycles. The van der Waals surface area contributed by atoms with Crippen LogP contribution in [0.3, 0.4) is 0 Å². The minimum atomic E-state index is -0.223. The van der Waals surface area contributed by atoms with Gasteiger partial charge in [-0.15, -0.1) is 5.10 Å². The van der Waals surface area contributed by atoms with Gasteiger partial charge in [-0.3, -0.25) is 4.90 Å². The molecule has 6 heteroatoms. The van der Waals surface area contributed by atoms with Crippen molar-refractivity contribution in [2.24, 2.45) is 5.92 Å². The van der Waals surface area contributed by atoms with Crippen molar-refractivity contribution in [1.82, 2.24) is 14.7 Å². The number of aryl methyl sites for hydroxylation is 1. The van der Waals surface area contributed by atoms with Crippen LogP contribution in [0.5, 0.6) is 0 Å². The van der Waals surface area contributed by atoms with Crippen LogP contribution in [-0.4, -0.2) is 39.0 Å². The van der Waals surface area contributed by atoms with Crippen LogP contribution in [0.1, 0.15) is 25.3 Å². The summed E-state index contributed by atoms with van der Waals surface area (Å²) in [6.07, 6.45) is 1.79. The predicted molar refractivity (Wildman–Crippen MR) is 91.5 cm³/mol. The van der Waals surface area contributed by atoms with Gasteiger partial charge >= 0.3 is 0 Å². The number of aliphatic hydroxyl groups is 1. The molecule has 2 aromatic rings. The van der Waals surface area contributed by atoms with Gasteiger partial charge in [-0.25, -0.2) is 4.68 Å². The third-order valence-electron chi connectivity index (χ3n) is 4.55. The average Bonchev–Trinajstić information content (AvgIpc) is 2.89. The zero-order chi connectivity index (χ0) is 16.4. The topological polar surface area (TPSA) is 54.4 Å². The van der Waals surface area contributed by atoms with E-state index < -0.39 is 0 Å². The monoisotopic (exact) mass is 333 g/mol. The van der Waals surface area contributed by atoms with Crippen molar-refractivity contribution in [1.29, 1.82) is 0 Å². The Hall–Kier alpha value is -1.50. The molecule has 1 unspecified atom stereocenters. The highest BCUT2D eigenvalue weighted by molar-refractivity contribution is 7.71. The predicted octanol–water partition coefficient (Wildman–Crippen LogP) is 3.23. The fraction of sp³-hybridized carbons (Fsp3) is 0.529. The Morgan fingerprint density at radius 1 is 1.30 bits per heavy atom. The quantitative estimate of drug-likeness (QED) is 0.871. The summed E-state index contributed by atoms with van der Waals surface area (Å²) >= 11 is 5.30. The normalized spacial score (nSPS) is 18.2. The SMILES string of the molecule is Cc1ccc(-c2nn(CN3CCC(C(C)O)CC3)c(=S)o2)cc1. The molecule has 1 saturated heterocycles. The number of aliphatic hydroxyl groups excluding tert-OH is 1. The first kappa shape index (κ1) is 16.4. The van der Waals surface area contributed by atoms with E-state index in [1.165, 1.54) is 5.56 Å². The second-order valence-electron chi connectivity index (χ2n) is 6.38. The van der Waals surface area contributed by atoms with E-state index in [0.717, 1.165) is 31.5 Å². The Balaban J connectivity index is 1.68. The van der Waals surface area contributed by atoms with E-state index in [1.807, 2.05) is 31.2 Å². The van der Waals surface area contributed by atoms with Crippen LogP contribution >= 0.6 is 12.2 Å². The van der Waals surface area contributed by atoms with E-state index in [1.54, 1.807) is 4.68 Å². The Morgan fingerprint density at radius 3 is 2.57 bits per heavy atom. The summed E-state index contributed by atoms with van der Waals surface area (Å²) in [5.41, 5.74) is 2.14. The molecule has 1 aromatic heterocycles. The van der Waals surface area contributed by atoms with E-state index >= 15 is 0 Å². The van der Waals surface area contributed by atoms with Gasteiger partial charge in [0.25, 0.3) is 4.84 Å². The van der Waals surface area contributed by atoms with Crippen LogP contribution in [0.25, 0.3) is 11.5 Å². The van der Waals surface area contributed by atoms with Gasteiger partial charge < -0.3 is 9.52 Å². The van der Waals surface area contributed by atoms with Crippen LogP contribution in [0.4, 0.5) is 0 Å². The second-order valence-corrected chi connectivity index (χ2v) is 6.73. The first-order valence-electron chi connectivity index (χ1n) is 8.08. The van der Waals surface area contributed by atoms with Crippen molar-refractivity contribution in [3.63, 3.8) is 0 Å². The van der Waals surface area contributed by atoms with E-state index in [2.05, 4.69) is 16.9 Å². The highest BCUT2D eigenvalue weighted by Gasteiger charge is 2.23. The van der Waals surface area contributed by atoms with Crippen LogP contribution in [-0.2, 0) is 6.67 Å². The molecule has 1 N–H and O–H groups in total. The fourth-order valence-corrected chi connectivity index (χ4v) is 3.15. The Morgan fingerprint density at radius 2 is 1.96 bits per heavy atom. The van der Waals surface area contributed by atoms with Crippen molar-refractivity contribution in [2.75, 3.05) is 13.1 Å². The molecule has 1 aliphatic rings. The lowest BCUT2D eigenvalue weighted by Crippen LogP contribution is -2.38. The van der Waals surface area contributed by atoms with Gasteiger partial charge in [0.2, 0.25) is 5.89 Å². The molecule has 124 valence electrons. The molecule has 0 aliphatic carbocycles. The minimum Gasteiger partial charge on any atom is -0.409 e. The van der Waals surface area contributed by atoms with Gasteiger partial charge in [-0.2, -0.15) is 0 Å². The zero-order valence-corrected chi connectivity index (χ0v) is 14.4. The van der Waals surface area contributed by atoms with Crippen LogP contribution in [0.2, 0.25) is 0 Å². The number of hydrogen-bond acceptors (Lipinski definition) is 5. The van der Waals surface area contributed by atoms with Crippen LogP contribution < -0.4 is 0 Å². The number of hydrogen-bond donors (Lipinski definition) is 1. The Labute approximate surface area is 141 Å². The van der Waals surface area contributed by atoms with Gasteiger partial charge in [0.1, 0.15) is 0 Å². The highest BCUT2D eigenvalue weighted by Crippen LogP contribution is 2.22. The number of nitrogens with zero attached hydrogens (tertiary/aromatic N) is 3. The molecule has 0 bridgehead atoms. The third-order valence-corrected chi connectivity index (χ3v) is 4.85. The van der Waals surface area contributed by atoms with Crippen molar-refractivity contribution in [3.05, 3.63) is 34.7 Å². The van der Waals surface area contributed by atoms with Gasteiger partial charge in [0.15, 0.2) is 0 Å². The minimum absolute atomic E-state index is 0.223. The van der Waals surface area contributed by atoms with Crippen LogP contribution in [0.15, 0.2) is 28.7 Å². The van der Waals surface area contributed by atoms with Crippen LogP contribution in [0, 0.1) is 17.7 Å². The van der Waals surface area contributed by atoms with Gasteiger partial charge in [-0.1, -0.05) is 17.7 Å². The van der Waals surface area contributed by atoms with Crippen molar-refractivity contribution < 1.29 is 9.52 Å². The molecule has 0 amide bonds. The lowest BCUT2D eigenvalue weighted by atomic mass is 9.92. The molecular formula is C17H23N3O2S. The van der Waals surface area contributed by atoms with E-state index in [9.17, 15) is 5.11 Å². The number of aromatic nitrogens is 2. The van der Waals surface area contributed by atoms with E-state index in [-0.39, 0.29) is 6.10 Å². The first-order valence-corrected chi connectivity index (χ1v) is 8.49. The highest BCUT2D eigenvalue weighted by atomic mass is 32.1. The second kappa shape index (κ2) is 6.95. The zero-order valence-electron chi connectivity index (χ0n) is 13.6. The molecule has 1 aliphatic heterocycles. The molecule has 5 nitrogen and oxygen atoms in total. The maximum absolute atomic E-state index is 9.68. The summed E-state index contributed by atoms with van der Waals surface area (Å²) in [5, 5.41) is 14.2. The standard InChI is InChI=1S/C17H23N3O2S/c1-12-3-5-15(6-4-12)16-18-20(17(23)22-16)11-19-9-7-14(8-10-19)13(2)21/h3-6,13-14,21H,7-11H2,1-2H3. The maximum atomic E-state index is 9.68. The van der Waals surface area contributed by atoms with Gasteiger partial charge in [0, 0.05) is 18.7 Å². The molecule has 0 radical (unpaired) electrons. The molecule has 3 rings (SSSR count). The summed E-state index contributed by atoms with van der Waals surface area (Å²) in [6.45, 7) is 6.46. The summed E-state index contributed by atoms with van der Waals surface area (Å²) in [5.74, 6) is 0.966. The Kier molecular flexibility index (Phi) is 4.94. The number of piperidine rings is 1. The smallest absolute Gasteiger partial charge is 0.288 e. The van der Waals surface area contributed by atoms with Gasteiger partial charge in [0.05, 0.1) is 12.8 Å². The molecule has 0 spiro atoms. The molecular weight excluding hydrogens is 310 g/mol. The molecule has 23 heavy (non-hydrogen) atoms. The third kappa shape index (κ3) is 3.88. The first-order chi connectivity index (χ1) is 11.0.